The Bertz CT molecular complexity index is 384. The van der Waals surface area contributed by atoms with Gasteiger partial charge in [-0.1, -0.05) is 36.8 Å². The van der Waals surface area contributed by atoms with Gasteiger partial charge in [0.1, 0.15) is 0 Å². The first-order valence-corrected chi connectivity index (χ1v) is 7.43. The standard InChI is InChI=1S/C17H25N/c1-18(2)12-17-15-9-8-13(10-15)11-16(17)14-6-4-3-5-7-14/h3-7,13,15-17H,8-12H2,1-2H3/t13?,15?,16?,17-/m0/s1. The van der Waals surface area contributed by atoms with Gasteiger partial charge in [-0.15, -0.1) is 0 Å². The van der Waals surface area contributed by atoms with Gasteiger partial charge in [0.15, 0.2) is 0 Å². The SMILES string of the molecule is CN(C)C[C@H]1C2CCC(C2)CC1c1ccccc1. The third-order valence-electron chi connectivity index (χ3n) is 5.10. The highest BCUT2D eigenvalue weighted by Gasteiger charge is 2.42. The molecule has 0 amide bonds. The van der Waals surface area contributed by atoms with Crippen molar-refractivity contribution in [1.29, 1.82) is 0 Å². The molecule has 2 saturated carbocycles. The Kier molecular flexibility index (Phi) is 3.43. The van der Waals surface area contributed by atoms with Crippen molar-refractivity contribution in [1.82, 2.24) is 4.90 Å². The maximum absolute atomic E-state index is 2.39. The molecule has 3 rings (SSSR count). The zero-order chi connectivity index (χ0) is 12.5. The van der Waals surface area contributed by atoms with Crippen molar-refractivity contribution in [2.24, 2.45) is 17.8 Å². The van der Waals surface area contributed by atoms with Crippen molar-refractivity contribution in [2.45, 2.75) is 31.6 Å². The average Bonchev–Trinajstić information content (AvgIpc) is 2.77. The molecule has 0 radical (unpaired) electrons. The lowest BCUT2D eigenvalue weighted by atomic mass is 9.69. The second-order valence-electron chi connectivity index (χ2n) is 6.62. The molecule has 1 nitrogen and oxygen atoms in total. The van der Waals surface area contributed by atoms with Crippen LogP contribution < -0.4 is 0 Å². The largest absolute Gasteiger partial charge is 0.309 e. The smallest absolute Gasteiger partial charge is 0.00121 e. The zero-order valence-electron chi connectivity index (χ0n) is 11.7. The lowest BCUT2D eigenvalue weighted by Crippen LogP contribution is -2.34. The molecular weight excluding hydrogens is 218 g/mol. The molecular formula is C17H25N. The Morgan fingerprint density at radius 1 is 1.06 bits per heavy atom. The zero-order valence-corrected chi connectivity index (χ0v) is 11.7. The number of rotatable bonds is 3. The van der Waals surface area contributed by atoms with Crippen LogP contribution in [0.15, 0.2) is 30.3 Å². The molecule has 1 aromatic rings. The summed E-state index contributed by atoms with van der Waals surface area (Å²) in [7, 11) is 4.45. The lowest BCUT2D eigenvalue weighted by molar-refractivity contribution is 0.165. The van der Waals surface area contributed by atoms with Crippen molar-refractivity contribution < 1.29 is 0 Å². The van der Waals surface area contributed by atoms with E-state index in [1.165, 1.54) is 32.2 Å². The number of hydrogen-bond acceptors (Lipinski definition) is 1. The molecule has 4 atom stereocenters. The number of nitrogens with zero attached hydrogens (tertiary/aromatic N) is 1. The molecule has 18 heavy (non-hydrogen) atoms. The second-order valence-corrected chi connectivity index (χ2v) is 6.62. The molecule has 2 aliphatic rings. The summed E-state index contributed by atoms with van der Waals surface area (Å²) in [5.74, 6) is 3.68. The molecule has 2 fully saturated rings. The molecule has 0 heterocycles. The van der Waals surface area contributed by atoms with Gasteiger partial charge in [0.25, 0.3) is 0 Å². The van der Waals surface area contributed by atoms with Crippen molar-refractivity contribution >= 4 is 0 Å². The second kappa shape index (κ2) is 5.05. The number of fused-ring (bicyclic) bond motifs is 2. The van der Waals surface area contributed by atoms with E-state index in [1.807, 2.05) is 0 Å². The molecule has 0 N–H and O–H groups in total. The summed E-state index contributed by atoms with van der Waals surface area (Å²) < 4.78 is 0. The quantitative estimate of drug-likeness (QED) is 0.781. The van der Waals surface area contributed by atoms with E-state index in [1.54, 1.807) is 5.56 Å². The minimum absolute atomic E-state index is 0.805. The summed E-state index contributed by atoms with van der Waals surface area (Å²) in [6, 6.07) is 11.2. The van der Waals surface area contributed by atoms with E-state index in [4.69, 9.17) is 0 Å². The normalized spacial score (nSPS) is 35.1. The third kappa shape index (κ3) is 2.33. The molecule has 2 bridgehead atoms. The van der Waals surface area contributed by atoms with E-state index in [-0.39, 0.29) is 0 Å². The van der Waals surface area contributed by atoms with E-state index >= 15 is 0 Å². The van der Waals surface area contributed by atoms with Gasteiger partial charge in [0, 0.05) is 6.54 Å². The van der Waals surface area contributed by atoms with Crippen LogP contribution in [0.1, 0.15) is 37.2 Å². The molecule has 1 aromatic carbocycles. The fourth-order valence-electron chi connectivity index (χ4n) is 4.36. The predicted molar refractivity (Wildman–Crippen MR) is 76.7 cm³/mol. The summed E-state index contributed by atoms with van der Waals surface area (Å²) in [6.07, 6.45) is 5.89. The highest BCUT2D eigenvalue weighted by atomic mass is 15.1. The van der Waals surface area contributed by atoms with Crippen LogP contribution in [0, 0.1) is 17.8 Å². The summed E-state index contributed by atoms with van der Waals surface area (Å²) in [6.45, 7) is 1.26. The molecule has 0 aliphatic heterocycles. The predicted octanol–water partition coefficient (Wildman–Crippen LogP) is 3.77. The third-order valence-corrected chi connectivity index (χ3v) is 5.10. The van der Waals surface area contributed by atoms with Crippen LogP contribution in [0.3, 0.4) is 0 Å². The van der Waals surface area contributed by atoms with Crippen molar-refractivity contribution in [3.63, 3.8) is 0 Å². The van der Waals surface area contributed by atoms with Crippen LogP contribution >= 0.6 is 0 Å². The van der Waals surface area contributed by atoms with E-state index < -0.39 is 0 Å². The highest BCUT2D eigenvalue weighted by molar-refractivity contribution is 5.22. The maximum atomic E-state index is 2.39. The lowest BCUT2D eigenvalue weighted by Gasteiger charge is -2.38. The minimum Gasteiger partial charge on any atom is -0.309 e. The summed E-state index contributed by atoms with van der Waals surface area (Å²) >= 11 is 0. The van der Waals surface area contributed by atoms with E-state index in [0.717, 1.165) is 23.7 Å². The molecule has 2 aliphatic carbocycles. The maximum Gasteiger partial charge on any atom is 0.00121 e. The molecule has 1 heteroatoms. The van der Waals surface area contributed by atoms with E-state index in [9.17, 15) is 0 Å². The first-order chi connectivity index (χ1) is 8.74. The highest BCUT2D eigenvalue weighted by Crippen LogP contribution is 2.51. The van der Waals surface area contributed by atoms with Gasteiger partial charge in [0.2, 0.25) is 0 Å². The molecule has 0 aromatic heterocycles. The van der Waals surface area contributed by atoms with Crippen molar-refractivity contribution in [3.8, 4) is 0 Å². The monoisotopic (exact) mass is 243 g/mol. The molecule has 0 spiro atoms. The number of hydrogen-bond donors (Lipinski definition) is 0. The summed E-state index contributed by atoms with van der Waals surface area (Å²) in [5, 5.41) is 0. The van der Waals surface area contributed by atoms with Crippen LogP contribution in [0.25, 0.3) is 0 Å². The number of benzene rings is 1. The van der Waals surface area contributed by atoms with Crippen molar-refractivity contribution in [2.75, 3.05) is 20.6 Å². The molecule has 98 valence electrons. The average molecular weight is 243 g/mol. The Morgan fingerprint density at radius 3 is 2.56 bits per heavy atom. The van der Waals surface area contributed by atoms with Gasteiger partial charge in [-0.3, -0.25) is 0 Å². The topological polar surface area (TPSA) is 3.24 Å². The van der Waals surface area contributed by atoms with Crippen LogP contribution in [0.4, 0.5) is 0 Å². The van der Waals surface area contributed by atoms with Gasteiger partial charge < -0.3 is 4.90 Å². The first kappa shape index (κ1) is 12.2. The summed E-state index contributed by atoms with van der Waals surface area (Å²) in [5.41, 5.74) is 1.58. The Morgan fingerprint density at radius 2 is 1.83 bits per heavy atom. The Labute approximate surface area is 111 Å². The fraction of sp³-hybridized carbons (Fsp3) is 0.647. The minimum atomic E-state index is 0.805. The van der Waals surface area contributed by atoms with E-state index in [0.29, 0.717) is 0 Å². The summed E-state index contributed by atoms with van der Waals surface area (Å²) in [4.78, 5) is 2.39. The van der Waals surface area contributed by atoms with Crippen LogP contribution in [0.2, 0.25) is 0 Å². The van der Waals surface area contributed by atoms with Gasteiger partial charge in [-0.05, 0) is 62.6 Å². The Balaban J connectivity index is 1.85. The fourth-order valence-corrected chi connectivity index (χ4v) is 4.36. The first-order valence-electron chi connectivity index (χ1n) is 7.43. The van der Waals surface area contributed by atoms with E-state index in [2.05, 4.69) is 49.3 Å². The van der Waals surface area contributed by atoms with Gasteiger partial charge in [-0.2, -0.15) is 0 Å². The van der Waals surface area contributed by atoms with Crippen molar-refractivity contribution in [3.05, 3.63) is 35.9 Å². The van der Waals surface area contributed by atoms with Crippen LogP contribution in [-0.2, 0) is 0 Å². The molecule has 3 unspecified atom stereocenters. The van der Waals surface area contributed by atoms with Crippen LogP contribution in [-0.4, -0.2) is 25.5 Å². The molecule has 0 saturated heterocycles. The van der Waals surface area contributed by atoms with Gasteiger partial charge >= 0.3 is 0 Å². The van der Waals surface area contributed by atoms with Gasteiger partial charge in [0.05, 0.1) is 0 Å². The Hall–Kier alpha value is -0.820. The van der Waals surface area contributed by atoms with Crippen LogP contribution in [0.5, 0.6) is 0 Å². The van der Waals surface area contributed by atoms with Gasteiger partial charge in [-0.25, -0.2) is 0 Å².